The number of aromatic nitrogens is 4. The molecule has 0 N–H and O–H groups in total. The second kappa shape index (κ2) is 7.15. The first-order valence-corrected chi connectivity index (χ1v) is 9.30. The Morgan fingerprint density at radius 3 is 2.28 bits per heavy atom. The van der Waals surface area contributed by atoms with Gasteiger partial charge in [-0.1, -0.05) is 19.3 Å². The van der Waals surface area contributed by atoms with Crippen molar-refractivity contribution in [1.29, 1.82) is 0 Å². The summed E-state index contributed by atoms with van der Waals surface area (Å²) in [6, 6.07) is 0. The maximum absolute atomic E-state index is 12.8. The molecule has 1 saturated heterocycles. The van der Waals surface area contributed by atoms with Gasteiger partial charge in [-0.2, -0.15) is 0 Å². The molecule has 0 spiro atoms. The number of halogens is 1. The zero-order valence-corrected chi connectivity index (χ0v) is 16.1. The zero-order chi connectivity index (χ0) is 18.1. The number of fused-ring (bicyclic) bond motifs is 1. The van der Waals surface area contributed by atoms with E-state index in [4.69, 9.17) is 0 Å². The van der Waals surface area contributed by atoms with Crippen LogP contribution in [0.25, 0.3) is 11.2 Å². The van der Waals surface area contributed by atoms with Crippen molar-refractivity contribution in [3.8, 4) is 0 Å². The fourth-order valence-corrected chi connectivity index (χ4v) is 3.81. The first-order chi connectivity index (χ1) is 11.9. The van der Waals surface area contributed by atoms with E-state index in [0.717, 1.165) is 43.3 Å². The highest BCUT2D eigenvalue weighted by Crippen LogP contribution is 2.18. The monoisotopic (exact) mass is 411 g/mol. The third-order valence-electron chi connectivity index (χ3n) is 4.80. The summed E-state index contributed by atoms with van der Waals surface area (Å²) in [6.07, 6.45) is 5.54. The van der Waals surface area contributed by atoms with Crippen molar-refractivity contribution in [1.82, 2.24) is 23.6 Å². The highest BCUT2D eigenvalue weighted by molar-refractivity contribution is 9.10. The molecule has 2 aromatic rings. The smallest absolute Gasteiger partial charge is 0.332 e. The van der Waals surface area contributed by atoms with E-state index < -0.39 is 11.2 Å². The van der Waals surface area contributed by atoms with Crippen LogP contribution in [0.1, 0.15) is 32.1 Å². The maximum Gasteiger partial charge on any atom is 0.332 e. The quantitative estimate of drug-likeness (QED) is 0.689. The molecule has 0 bridgehead atoms. The third kappa shape index (κ3) is 3.29. The standard InChI is InChI=1S/C16H22BrN5O3/c1-19-13-12(14(24)20(2)16(19)25)18-15(17)22(13)10-11(23)21-8-6-4-3-5-7-9-21/h3-10H2,1-2H3. The topological polar surface area (TPSA) is 82.1 Å². The van der Waals surface area contributed by atoms with Crippen molar-refractivity contribution in [3.05, 3.63) is 25.6 Å². The summed E-state index contributed by atoms with van der Waals surface area (Å²) in [6.45, 7) is 1.56. The van der Waals surface area contributed by atoms with Crippen molar-refractivity contribution in [2.75, 3.05) is 13.1 Å². The fourth-order valence-electron chi connectivity index (χ4n) is 3.33. The highest BCUT2D eigenvalue weighted by Gasteiger charge is 2.22. The fraction of sp³-hybridized carbons (Fsp3) is 0.625. The van der Waals surface area contributed by atoms with Gasteiger partial charge in [-0.3, -0.25) is 23.3 Å². The number of carbonyl (C=O) groups excluding carboxylic acids is 1. The lowest BCUT2D eigenvalue weighted by molar-refractivity contribution is -0.132. The molecule has 0 atom stereocenters. The average Bonchev–Trinajstić information content (AvgIpc) is 2.87. The zero-order valence-electron chi connectivity index (χ0n) is 14.5. The van der Waals surface area contributed by atoms with Crippen LogP contribution in [0.5, 0.6) is 0 Å². The average molecular weight is 412 g/mol. The molecular weight excluding hydrogens is 390 g/mol. The molecule has 8 nitrogen and oxygen atoms in total. The molecule has 1 aliphatic rings. The molecule has 0 radical (unpaired) electrons. The normalized spacial score (nSPS) is 16.0. The summed E-state index contributed by atoms with van der Waals surface area (Å²) >= 11 is 3.33. The molecular formula is C16H22BrN5O3. The van der Waals surface area contributed by atoms with E-state index in [1.54, 1.807) is 11.6 Å². The number of nitrogens with zero attached hydrogens (tertiary/aromatic N) is 5. The van der Waals surface area contributed by atoms with Gasteiger partial charge in [0, 0.05) is 27.2 Å². The Morgan fingerprint density at radius 1 is 1.04 bits per heavy atom. The van der Waals surface area contributed by atoms with Crippen molar-refractivity contribution in [2.45, 2.75) is 38.6 Å². The minimum absolute atomic E-state index is 0.0185. The SMILES string of the molecule is Cn1c(=O)c2nc(Br)n(CC(=O)N3CCCCCCC3)c2n(C)c1=O. The number of imidazole rings is 1. The van der Waals surface area contributed by atoms with Crippen LogP contribution < -0.4 is 11.2 Å². The number of hydrogen-bond donors (Lipinski definition) is 0. The number of rotatable bonds is 2. The van der Waals surface area contributed by atoms with Gasteiger partial charge >= 0.3 is 5.69 Å². The summed E-state index contributed by atoms with van der Waals surface area (Å²) < 4.78 is 4.35. The lowest BCUT2D eigenvalue weighted by atomic mass is 10.1. The van der Waals surface area contributed by atoms with Crippen LogP contribution in [0.4, 0.5) is 0 Å². The van der Waals surface area contributed by atoms with E-state index in [1.165, 1.54) is 18.0 Å². The van der Waals surface area contributed by atoms with Crippen molar-refractivity contribution in [3.63, 3.8) is 0 Å². The van der Waals surface area contributed by atoms with Gasteiger partial charge in [-0.05, 0) is 28.8 Å². The van der Waals surface area contributed by atoms with Crippen LogP contribution in [-0.2, 0) is 25.4 Å². The van der Waals surface area contributed by atoms with Crippen LogP contribution in [0.2, 0.25) is 0 Å². The number of amides is 1. The predicted octanol–water partition coefficient (Wildman–Crippen LogP) is 0.989. The Labute approximate surface area is 153 Å². The van der Waals surface area contributed by atoms with Crippen LogP contribution in [-0.4, -0.2) is 42.6 Å². The Bertz CT molecular complexity index is 918. The van der Waals surface area contributed by atoms with Crippen molar-refractivity contribution < 1.29 is 4.79 Å². The van der Waals surface area contributed by atoms with E-state index in [2.05, 4.69) is 20.9 Å². The molecule has 25 heavy (non-hydrogen) atoms. The third-order valence-corrected chi connectivity index (χ3v) is 5.40. The van der Waals surface area contributed by atoms with E-state index in [-0.39, 0.29) is 18.0 Å². The number of aryl methyl sites for hydroxylation is 1. The predicted molar refractivity (Wildman–Crippen MR) is 97.6 cm³/mol. The first kappa shape index (κ1) is 17.9. The van der Waals surface area contributed by atoms with Crippen molar-refractivity contribution in [2.24, 2.45) is 14.1 Å². The second-order valence-electron chi connectivity index (χ2n) is 6.49. The molecule has 1 amide bonds. The number of likely N-dealkylation sites (tertiary alicyclic amines) is 1. The molecule has 0 unspecified atom stereocenters. The molecule has 0 saturated carbocycles. The molecule has 1 fully saturated rings. The van der Waals surface area contributed by atoms with Crippen LogP contribution in [0, 0.1) is 0 Å². The van der Waals surface area contributed by atoms with E-state index in [9.17, 15) is 14.4 Å². The summed E-state index contributed by atoms with van der Waals surface area (Å²) in [7, 11) is 3.00. The number of carbonyl (C=O) groups is 1. The van der Waals surface area contributed by atoms with E-state index >= 15 is 0 Å². The van der Waals surface area contributed by atoms with Gasteiger partial charge in [-0.25, -0.2) is 9.78 Å². The minimum Gasteiger partial charge on any atom is -0.341 e. The first-order valence-electron chi connectivity index (χ1n) is 8.51. The molecule has 0 aromatic carbocycles. The summed E-state index contributed by atoms with van der Waals surface area (Å²) in [5, 5.41) is 0. The van der Waals surface area contributed by atoms with Gasteiger partial charge in [0.25, 0.3) is 5.56 Å². The van der Waals surface area contributed by atoms with Gasteiger partial charge in [0.2, 0.25) is 5.91 Å². The molecule has 2 aromatic heterocycles. The van der Waals surface area contributed by atoms with Gasteiger partial charge in [-0.15, -0.1) is 0 Å². The Balaban J connectivity index is 1.98. The van der Waals surface area contributed by atoms with Crippen LogP contribution in [0.15, 0.2) is 14.3 Å². The summed E-state index contributed by atoms with van der Waals surface area (Å²) in [5.74, 6) is -0.0185. The molecule has 1 aliphatic heterocycles. The summed E-state index contributed by atoms with van der Waals surface area (Å²) in [5.41, 5.74) is -0.363. The van der Waals surface area contributed by atoms with Gasteiger partial charge in [0.05, 0.1) is 0 Å². The summed E-state index contributed by atoms with van der Waals surface area (Å²) in [4.78, 5) is 43.4. The van der Waals surface area contributed by atoms with Crippen molar-refractivity contribution >= 4 is 33.0 Å². The van der Waals surface area contributed by atoms with Gasteiger partial charge in [0.15, 0.2) is 15.9 Å². The highest BCUT2D eigenvalue weighted by atomic mass is 79.9. The molecule has 3 heterocycles. The molecule has 3 rings (SSSR count). The second-order valence-corrected chi connectivity index (χ2v) is 7.20. The molecule has 0 aliphatic carbocycles. The van der Waals surface area contributed by atoms with Gasteiger partial charge < -0.3 is 4.90 Å². The van der Waals surface area contributed by atoms with E-state index in [0.29, 0.717) is 10.4 Å². The molecule has 9 heteroatoms. The van der Waals surface area contributed by atoms with Gasteiger partial charge in [0.1, 0.15) is 6.54 Å². The van der Waals surface area contributed by atoms with Crippen LogP contribution >= 0.6 is 15.9 Å². The van der Waals surface area contributed by atoms with E-state index in [1.807, 2.05) is 4.90 Å². The Hall–Kier alpha value is -1.90. The largest absolute Gasteiger partial charge is 0.341 e. The minimum atomic E-state index is -0.462. The molecule has 136 valence electrons. The number of hydrogen-bond acceptors (Lipinski definition) is 4. The Morgan fingerprint density at radius 2 is 1.64 bits per heavy atom. The lowest BCUT2D eigenvalue weighted by Gasteiger charge is -2.25. The lowest BCUT2D eigenvalue weighted by Crippen LogP contribution is -2.39. The Kier molecular flexibility index (Phi) is 5.12. The van der Waals surface area contributed by atoms with Crippen LogP contribution in [0.3, 0.4) is 0 Å². The maximum atomic E-state index is 12.8.